The summed E-state index contributed by atoms with van der Waals surface area (Å²) in [6.45, 7) is 7.14. The zero-order valence-corrected chi connectivity index (χ0v) is 15.5. The summed E-state index contributed by atoms with van der Waals surface area (Å²) in [5.41, 5.74) is 2.99. The van der Waals surface area contributed by atoms with E-state index < -0.39 is 11.7 Å². The van der Waals surface area contributed by atoms with E-state index >= 15 is 0 Å². The Bertz CT molecular complexity index is 807. The zero-order valence-electron chi connectivity index (χ0n) is 15.5. The van der Waals surface area contributed by atoms with Crippen LogP contribution in [0.2, 0.25) is 0 Å². The van der Waals surface area contributed by atoms with Gasteiger partial charge >= 0.3 is 6.18 Å². The van der Waals surface area contributed by atoms with Gasteiger partial charge in [-0.1, -0.05) is 29.8 Å². The molecule has 1 amide bonds. The summed E-state index contributed by atoms with van der Waals surface area (Å²) in [7, 11) is 0. The lowest BCUT2D eigenvalue weighted by Crippen LogP contribution is -2.48. The maximum atomic E-state index is 12.8. The summed E-state index contributed by atoms with van der Waals surface area (Å²) < 4.78 is 37.9. The van der Waals surface area contributed by atoms with E-state index in [1.807, 2.05) is 36.9 Å². The number of benzene rings is 2. The molecule has 0 N–H and O–H groups in total. The average Bonchev–Trinajstić information content (AvgIpc) is 2.63. The molecule has 27 heavy (non-hydrogen) atoms. The highest BCUT2D eigenvalue weighted by Gasteiger charge is 2.30. The Kier molecular flexibility index (Phi) is 5.56. The summed E-state index contributed by atoms with van der Waals surface area (Å²) in [4.78, 5) is 16.8. The van der Waals surface area contributed by atoms with Gasteiger partial charge in [0.1, 0.15) is 0 Å². The minimum atomic E-state index is -4.31. The molecule has 3 rings (SSSR count). The third kappa shape index (κ3) is 4.69. The van der Waals surface area contributed by atoms with Gasteiger partial charge in [0.05, 0.1) is 5.56 Å². The van der Waals surface area contributed by atoms with Gasteiger partial charge in [-0.25, -0.2) is 0 Å². The first kappa shape index (κ1) is 19.4. The number of piperazine rings is 1. The molecule has 1 aliphatic heterocycles. The molecule has 3 nitrogen and oxygen atoms in total. The van der Waals surface area contributed by atoms with Gasteiger partial charge in [0.25, 0.3) is 5.91 Å². The van der Waals surface area contributed by atoms with Gasteiger partial charge in [0, 0.05) is 38.3 Å². The molecule has 0 saturated carbocycles. The van der Waals surface area contributed by atoms with Gasteiger partial charge in [0.2, 0.25) is 0 Å². The van der Waals surface area contributed by atoms with Crippen LogP contribution in [0.25, 0.3) is 0 Å². The van der Waals surface area contributed by atoms with Crippen molar-refractivity contribution in [3.05, 3.63) is 70.3 Å². The Balaban J connectivity index is 1.57. The quantitative estimate of drug-likeness (QED) is 0.798. The van der Waals surface area contributed by atoms with E-state index in [1.165, 1.54) is 12.1 Å². The highest BCUT2D eigenvalue weighted by atomic mass is 19.4. The van der Waals surface area contributed by atoms with Crippen LogP contribution in [-0.4, -0.2) is 41.9 Å². The highest BCUT2D eigenvalue weighted by Crippen LogP contribution is 2.29. The monoisotopic (exact) mass is 376 g/mol. The normalized spacial score (nSPS) is 15.8. The first-order valence-electron chi connectivity index (χ1n) is 8.99. The van der Waals surface area contributed by atoms with Crippen LogP contribution in [-0.2, 0) is 12.7 Å². The zero-order chi connectivity index (χ0) is 19.6. The lowest BCUT2D eigenvalue weighted by Gasteiger charge is -2.35. The molecule has 0 spiro atoms. The van der Waals surface area contributed by atoms with Gasteiger partial charge in [-0.05, 0) is 43.2 Å². The third-order valence-electron chi connectivity index (χ3n) is 4.97. The molecule has 0 aliphatic carbocycles. The minimum Gasteiger partial charge on any atom is -0.336 e. The molecule has 144 valence electrons. The maximum Gasteiger partial charge on any atom is 0.416 e. The van der Waals surface area contributed by atoms with Crippen LogP contribution in [0, 0.1) is 13.8 Å². The number of hydrogen-bond donors (Lipinski definition) is 0. The Labute approximate surface area is 157 Å². The molecule has 0 aromatic heterocycles. The fraction of sp³-hybridized carbons (Fsp3) is 0.381. The molecule has 1 heterocycles. The molecular formula is C21H23F3N2O. The molecule has 0 radical (unpaired) electrons. The number of carbonyl (C=O) groups excluding carboxylic acids is 1. The minimum absolute atomic E-state index is 0.0466. The van der Waals surface area contributed by atoms with E-state index in [0.717, 1.165) is 34.4 Å². The lowest BCUT2D eigenvalue weighted by atomic mass is 10.0. The fourth-order valence-electron chi connectivity index (χ4n) is 3.30. The fourth-order valence-corrected chi connectivity index (χ4v) is 3.30. The van der Waals surface area contributed by atoms with E-state index in [4.69, 9.17) is 0 Å². The number of halogens is 3. The number of hydrogen-bond acceptors (Lipinski definition) is 2. The van der Waals surface area contributed by atoms with Crippen LogP contribution < -0.4 is 0 Å². The van der Waals surface area contributed by atoms with Crippen LogP contribution in [0.1, 0.15) is 32.6 Å². The number of nitrogens with zero attached hydrogens (tertiary/aromatic N) is 2. The molecule has 6 heteroatoms. The summed E-state index contributed by atoms with van der Waals surface area (Å²) in [6.07, 6.45) is -4.31. The van der Waals surface area contributed by atoms with Crippen LogP contribution in [0.4, 0.5) is 13.2 Å². The second-order valence-corrected chi connectivity index (χ2v) is 7.08. The lowest BCUT2D eigenvalue weighted by molar-refractivity contribution is -0.137. The van der Waals surface area contributed by atoms with Crippen LogP contribution in [0.5, 0.6) is 0 Å². The number of carbonyl (C=O) groups is 1. The summed E-state index contributed by atoms with van der Waals surface area (Å²) in [5, 5.41) is 0. The average molecular weight is 376 g/mol. The van der Waals surface area contributed by atoms with Crippen LogP contribution in [0.3, 0.4) is 0 Å². The number of alkyl halides is 3. The van der Waals surface area contributed by atoms with Crippen molar-refractivity contribution in [1.82, 2.24) is 9.80 Å². The standard InChI is InChI=1S/C21H23F3N2O/c1-15-3-4-16(2)19(13-15)20(27)26-11-9-25(10-12-26)14-17-5-7-18(8-6-17)21(22,23)24/h3-8,13H,9-12,14H2,1-2H3. The molecule has 2 aromatic carbocycles. The van der Waals surface area contributed by atoms with Crippen molar-refractivity contribution in [2.24, 2.45) is 0 Å². The van der Waals surface area contributed by atoms with Crippen molar-refractivity contribution in [1.29, 1.82) is 0 Å². The summed E-state index contributed by atoms with van der Waals surface area (Å²) >= 11 is 0. The van der Waals surface area contributed by atoms with Gasteiger partial charge in [-0.3, -0.25) is 9.69 Å². The van der Waals surface area contributed by atoms with Crippen molar-refractivity contribution in [2.75, 3.05) is 26.2 Å². The van der Waals surface area contributed by atoms with Gasteiger partial charge in [0.15, 0.2) is 0 Å². The number of aryl methyl sites for hydroxylation is 2. The second kappa shape index (κ2) is 7.72. The first-order valence-corrected chi connectivity index (χ1v) is 8.99. The van der Waals surface area contributed by atoms with Gasteiger partial charge in [-0.2, -0.15) is 13.2 Å². The maximum absolute atomic E-state index is 12.8. The Morgan fingerprint density at radius 1 is 0.963 bits per heavy atom. The van der Waals surface area contributed by atoms with E-state index in [0.29, 0.717) is 32.7 Å². The van der Waals surface area contributed by atoms with Gasteiger partial charge in [-0.15, -0.1) is 0 Å². The van der Waals surface area contributed by atoms with E-state index in [1.54, 1.807) is 0 Å². The molecule has 1 fully saturated rings. The topological polar surface area (TPSA) is 23.6 Å². The molecule has 1 saturated heterocycles. The molecular weight excluding hydrogens is 353 g/mol. The van der Waals surface area contributed by atoms with E-state index in [2.05, 4.69) is 4.90 Å². The smallest absolute Gasteiger partial charge is 0.336 e. The van der Waals surface area contributed by atoms with E-state index in [-0.39, 0.29) is 5.91 Å². The Hall–Kier alpha value is -2.34. The predicted octanol–water partition coefficient (Wildman–Crippen LogP) is 4.28. The molecule has 1 aliphatic rings. The van der Waals surface area contributed by atoms with Crippen molar-refractivity contribution >= 4 is 5.91 Å². The molecule has 0 atom stereocenters. The Morgan fingerprint density at radius 2 is 1.59 bits per heavy atom. The van der Waals surface area contributed by atoms with E-state index in [9.17, 15) is 18.0 Å². The predicted molar refractivity (Wildman–Crippen MR) is 98.5 cm³/mol. The van der Waals surface area contributed by atoms with Crippen LogP contribution >= 0.6 is 0 Å². The van der Waals surface area contributed by atoms with Gasteiger partial charge < -0.3 is 4.90 Å². The third-order valence-corrected chi connectivity index (χ3v) is 4.97. The van der Waals surface area contributed by atoms with Crippen molar-refractivity contribution < 1.29 is 18.0 Å². The van der Waals surface area contributed by atoms with Crippen LogP contribution in [0.15, 0.2) is 42.5 Å². The Morgan fingerprint density at radius 3 is 2.19 bits per heavy atom. The molecule has 0 unspecified atom stereocenters. The van der Waals surface area contributed by atoms with Crippen molar-refractivity contribution in [3.63, 3.8) is 0 Å². The molecule has 2 aromatic rings. The number of amides is 1. The molecule has 0 bridgehead atoms. The first-order chi connectivity index (χ1) is 12.7. The SMILES string of the molecule is Cc1ccc(C)c(C(=O)N2CCN(Cc3ccc(C(F)(F)F)cc3)CC2)c1. The van der Waals surface area contributed by atoms with Crippen molar-refractivity contribution in [2.45, 2.75) is 26.6 Å². The van der Waals surface area contributed by atoms with Crippen molar-refractivity contribution in [3.8, 4) is 0 Å². The largest absolute Gasteiger partial charge is 0.416 e. The highest BCUT2D eigenvalue weighted by molar-refractivity contribution is 5.95. The second-order valence-electron chi connectivity index (χ2n) is 7.08. The summed E-state index contributed by atoms with van der Waals surface area (Å²) in [5.74, 6) is 0.0466. The summed E-state index contributed by atoms with van der Waals surface area (Å²) in [6, 6.07) is 11.2. The number of rotatable bonds is 3.